The van der Waals surface area contributed by atoms with Crippen molar-refractivity contribution in [2.45, 2.75) is 25.2 Å². The minimum absolute atomic E-state index is 0.402. The van der Waals surface area contributed by atoms with E-state index in [0.29, 0.717) is 11.7 Å². The molecular weight excluding hydrogens is 358 g/mol. The number of aliphatic hydroxyl groups is 2. The first-order chi connectivity index (χ1) is 13.5. The Bertz CT molecular complexity index is 1070. The van der Waals surface area contributed by atoms with Crippen molar-refractivity contribution in [1.29, 1.82) is 0 Å². The summed E-state index contributed by atoms with van der Waals surface area (Å²) in [5.41, 5.74) is 3.25. The predicted octanol–water partition coefficient (Wildman–Crippen LogP) is 2.52. The number of hydrogen-bond donors (Lipinski definition) is 3. The number of imidazole rings is 1. The van der Waals surface area contributed by atoms with E-state index in [4.69, 9.17) is 4.42 Å². The number of hydrogen-bond acceptors (Lipinski definition) is 7. The van der Waals surface area contributed by atoms with E-state index in [-0.39, 0.29) is 0 Å². The van der Waals surface area contributed by atoms with Gasteiger partial charge in [-0.2, -0.15) is 0 Å². The molecule has 28 heavy (non-hydrogen) atoms. The Labute approximate surface area is 161 Å². The van der Waals surface area contributed by atoms with E-state index >= 15 is 0 Å². The van der Waals surface area contributed by atoms with Crippen molar-refractivity contribution in [1.82, 2.24) is 19.7 Å². The number of fused-ring (bicyclic) bond motifs is 1. The summed E-state index contributed by atoms with van der Waals surface area (Å²) in [5.74, 6) is 1.02. The maximum Gasteiger partial charge on any atom is 0.247 e. The number of aromatic nitrogens is 4. The molecule has 2 aromatic heterocycles. The predicted molar refractivity (Wildman–Crippen MR) is 104 cm³/mol. The standard InChI is InChI=1S/C20H21N5O3/c1-12(26)18(27)17(19-23-15-8-3-4-9-16(15)25(19)2)22-14-7-5-6-13(10-14)20-24-21-11-28-20/h3-12,17-18,22,26-27H,1-2H3/t12-,17-,18+/m0/s1. The van der Waals surface area contributed by atoms with Gasteiger partial charge in [-0.15, -0.1) is 10.2 Å². The molecule has 0 aliphatic carbocycles. The second-order valence-corrected chi connectivity index (χ2v) is 6.70. The van der Waals surface area contributed by atoms with Crippen LogP contribution in [0.5, 0.6) is 0 Å². The smallest absolute Gasteiger partial charge is 0.247 e. The van der Waals surface area contributed by atoms with Crippen LogP contribution in [0.1, 0.15) is 18.8 Å². The van der Waals surface area contributed by atoms with E-state index in [1.54, 1.807) is 6.92 Å². The molecule has 8 nitrogen and oxygen atoms in total. The van der Waals surface area contributed by atoms with Crippen molar-refractivity contribution in [3.05, 3.63) is 60.7 Å². The molecule has 2 heterocycles. The molecule has 4 aromatic rings. The van der Waals surface area contributed by atoms with Gasteiger partial charge in [-0.25, -0.2) is 4.98 Å². The van der Waals surface area contributed by atoms with Crippen LogP contribution in [0.25, 0.3) is 22.5 Å². The highest BCUT2D eigenvalue weighted by Gasteiger charge is 2.29. The Balaban J connectivity index is 1.73. The van der Waals surface area contributed by atoms with Crippen LogP contribution in [0.2, 0.25) is 0 Å². The molecule has 0 saturated heterocycles. The Hall–Kier alpha value is -3.23. The van der Waals surface area contributed by atoms with Crippen LogP contribution in [0.3, 0.4) is 0 Å². The molecule has 0 amide bonds. The van der Waals surface area contributed by atoms with Gasteiger partial charge in [0.2, 0.25) is 12.3 Å². The SMILES string of the molecule is C[C@H](O)[C@@H](O)[C@H](Nc1cccc(-c2nnco2)c1)c1nc2ccccc2n1C. The number of para-hydroxylation sites is 2. The lowest BCUT2D eigenvalue weighted by Crippen LogP contribution is -2.35. The van der Waals surface area contributed by atoms with Crippen molar-refractivity contribution < 1.29 is 14.6 Å². The molecule has 0 aliphatic heterocycles. The quantitative estimate of drug-likeness (QED) is 0.472. The summed E-state index contributed by atoms with van der Waals surface area (Å²) in [6.45, 7) is 1.55. The van der Waals surface area contributed by atoms with Crippen molar-refractivity contribution >= 4 is 16.7 Å². The third kappa shape index (κ3) is 3.35. The molecule has 144 valence electrons. The fraction of sp³-hybridized carbons (Fsp3) is 0.250. The van der Waals surface area contributed by atoms with Crippen LogP contribution in [0.15, 0.2) is 59.3 Å². The molecule has 0 radical (unpaired) electrons. The molecule has 0 fully saturated rings. The van der Waals surface area contributed by atoms with Crippen molar-refractivity contribution in [2.75, 3.05) is 5.32 Å². The fourth-order valence-corrected chi connectivity index (χ4v) is 3.24. The van der Waals surface area contributed by atoms with Gasteiger partial charge in [0.25, 0.3) is 0 Å². The van der Waals surface area contributed by atoms with Crippen LogP contribution in [-0.2, 0) is 7.05 Å². The first-order valence-electron chi connectivity index (χ1n) is 8.95. The zero-order valence-corrected chi connectivity index (χ0v) is 15.5. The normalized spacial score (nSPS) is 14.7. The number of rotatable bonds is 6. The molecule has 0 unspecified atom stereocenters. The molecule has 0 aliphatic rings. The van der Waals surface area contributed by atoms with E-state index < -0.39 is 18.2 Å². The summed E-state index contributed by atoms with van der Waals surface area (Å²) < 4.78 is 7.17. The molecule has 4 rings (SSSR count). The number of nitrogens with one attached hydrogen (secondary N) is 1. The van der Waals surface area contributed by atoms with Crippen molar-refractivity contribution in [2.24, 2.45) is 7.05 Å². The lowest BCUT2D eigenvalue weighted by molar-refractivity contribution is 0.0170. The monoisotopic (exact) mass is 379 g/mol. The second-order valence-electron chi connectivity index (χ2n) is 6.70. The third-order valence-corrected chi connectivity index (χ3v) is 4.73. The van der Waals surface area contributed by atoms with E-state index in [1.807, 2.05) is 60.1 Å². The first-order valence-corrected chi connectivity index (χ1v) is 8.95. The molecule has 0 saturated carbocycles. The van der Waals surface area contributed by atoms with E-state index in [9.17, 15) is 10.2 Å². The van der Waals surface area contributed by atoms with Gasteiger partial charge in [-0.1, -0.05) is 18.2 Å². The van der Waals surface area contributed by atoms with Gasteiger partial charge < -0.3 is 24.5 Å². The summed E-state index contributed by atoms with van der Waals surface area (Å²) in [6.07, 6.45) is -0.742. The van der Waals surface area contributed by atoms with Crippen molar-refractivity contribution in [3.63, 3.8) is 0 Å². The largest absolute Gasteiger partial charge is 0.423 e. The van der Waals surface area contributed by atoms with Gasteiger partial charge in [0.05, 0.1) is 17.1 Å². The Kier molecular flexibility index (Phi) is 4.81. The van der Waals surface area contributed by atoms with Gasteiger partial charge in [-0.3, -0.25) is 0 Å². The molecule has 3 atom stereocenters. The summed E-state index contributed by atoms with van der Waals surface area (Å²) >= 11 is 0. The van der Waals surface area contributed by atoms with E-state index in [2.05, 4.69) is 20.5 Å². The zero-order chi connectivity index (χ0) is 19.7. The van der Waals surface area contributed by atoms with Gasteiger partial charge in [-0.05, 0) is 37.3 Å². The van der Waals surface area contributed by atoms with Crippen LogP contribution in [-0.4, -0.2) is 42.2 Å². The van der Waals surface area contributed by atoms with Crippen molar-refractivity contribution in [3.8, 4) is 11.5 Å². The number of benzene rings is 2. The average molecular weight is 379 g/mol. The summed E-state index contributed by atoms with van der Waals surface area (Å²) in [6, 6.07) is 14.5. The van der Waals surface area contributed by atoms with Gasteiger partial charge in [0, 0.05) is 18.3 Å². The number of aliphatic hydroxyl groups excluding tert-OH is 2. The summed E-state index contributed by atoms with van der Waals surface area (Å²) in [7, 11) is 1.89. The Morgan fingerprint density at radius 1 is 1.11 bits per heavy atom. The number of aryl methyl sites for hydroxylation is 1. The zero-order valence-electron chi connectivity index (χ0n) is 15.5. The van der Waals surface area contributed by atoms with Gasteiger partial charge in [0.15, 0.2) is 0 Å². The summed E-state index contributed by atoms with van der Waals surface area (Å²) in [5, 5.41) is 31.7. The van der Waals surface area contributed by atoms with Crippen LogP contribution in [0, 0.1) is 0 Å². The van der Waals surface area contributed by atoms with Gasteiger partial charge in [0.1, 0.15) is 18.0 Å². The first kappa shape index (κ1) is 18.1. The van der Waals surface area contributed by atoms with E-state index in [0.717, 1.165) is 22.3 Å². The highest BCUT2D eigenvalue weighted by Crippen LogP contribution is 2.28. The maximum atomic E-state index is 10.7. The fourth-order valence-electron chi connectivity index (χ4n) is 3.24. The Morgan fingerprint density at radius 2 is 1.93 bits per heavy atom. The average Bonchev–Trinajstić information content (AvgIpc) is 3.35. The minimum Gasteiger partial charge on any atom is -0.423 e. The topological polar surface area (TPSA) is 109 Å². The molecule has 8 heteroatoms. The summed E-state index contributed by atoms with van der Waals surface area (Å²) in [4.78, 5) is 4.67. The van der Waals surface area contributed by atoms with Crippen LogP contribution >= 0.6 is 0 Å². The lowest BCUT2D eigenvalue weighted by Gasteiger charge is -2.26. The highest BCUT2D eigenvalue weighted by atomic mass is 16.4. The molecule has 3 N–H and O–H groups in total. The minimum atomic E-state index is -1.07. The molecule has 0 bridgehead atoms. The van der Waals surface area contributed by atoms with Crippen LogP contribution in [0.4, 0.5) is 5.69 Å². The lowest BCUT2D eigenvalue weighted by atomic mass is 10.0. The number of nitrogens with zero attached hydrogens (tertiary/aromatic N) is 4. The highest BCUT2D eigenvalue weighted by molar-refractivity contribution is 5.76. The van der Waals surface area contributed by atoms with E-state index in [1.165, 1.54) is 6.39 Å². The molecular formula is C20H21N5O3. The maximum absolute atomic E-state index is 10.7. The molecule has 2 aromatic carbocycles. The van der Waals surface area contributed by atoms with Gasteiger partial charge >= 0.3 is 0 Å². The second kappa shape index (κ2) is 7.41. The third-order valence-electron chi connectivity index (χ3n) is 4.73. The number of anilines is 1. The van der Waals surface area contributed by atoms with Crippen LogP contribution < -0.4 is 5.32 Å². The Morgan fingerprint density at radius 3 is 2.64 bits per heavy atom. The molecule has 0 spiro atoms.